The number of hydrogen-bond acceptors (Lipinski definition) is 1. The van der Waals surface area contributed by atoms with E-state index in [0.717, 1.165) is 35.6 Å². The third-order valence-corrected chi connectivity index (χ3v) is 11.8. The molecule has 0 saturated carbocycles. The minimum atomic E-state index is -0.0452. The highest BCUT2D eigenvalue weighted by Crippen LogP contribution is 2.56. The van der Waals surface area contributed by atoms with Gasteiger partial charge in [-0.3, -0.25) is 0 Å². The van der Waals surface area contributed by atoms with Gasteiger partial charge in [-0.2, -0.15) is 0 Å². The van der Waals surface area contributed by atoms with Gasteiger partial charge in [-0.1, -0.05) is 146 Å². The molecule has 1 aromatic heterocycles. The Hall–Kier alpha value is -6.64. The molecule has 0 radical (unpaired) electrons. The Morgan fingerprint density at radius 1 is 0.415 bits per heavy atom. The van der Waals surface area contributed by atoms with Crippen LogP contribution in [0.25, 0.3) is 49.7 Å². The molecule has 11 rings (SSSR count). The molecule has 2 nitrogen and oxygen atoms in total. The summed E-state index contributed by atoms with van der Waals surface area (Å²) in [4.78, 5) is 2.48. The molecule has 8 aromatic carbocycles. The van der Waals surface area contributed by atoms with E-state index in [9.17, 15) is 0 Å². The maximum atomic E-state index is 2.48. The van der Waals surface area contributed by atoms with Crippen molar-refractivity contribution in [1.82, 2.24) is 4.57 Å². The van der Waals surface area contributed by atoms with Crippen LogP contribution in [0.1, 0.15) is 22.3 Å². The molecule has 0 aliphatic heterocycles. The molecule has 0 fully saturated rings. The summed E-state index contributed by atoms with van der Waals surface area (Å²) in [7, 11) is 0. The second kappa shape index (κ2) is 11.7. The average Bonchev–Trinajstić information content (AvgIpc) is 3.86. The molecule has 0 unspecified atom stereocenters. The van der Waals surface area contributed by atoms with Gasteiger partial charge in [0.15, 0.2) is 0 Å². The minimum absolute atomic E-state index is 0.0452. The Bertz CT molecular complexity index is 2820. The lowest BCUT2D eigenvalue weighted by Crippen LogP contribution is -2.25. The highest BCUT2D eigenvalue weighted by Gasteiger charge is 2.47. The van der Waals surface area contributed by atoms with Gasteiger partial charge in [0.1, 0.15) is 0 Å². The molecule has 1 spiro atoms. The van der Waals surface area contributed by atoms with E-state index in [-0.39, 0.29) is 5.41 Å². The first-order chi connectivity index (χ1) is 26.3. The van der Waals surface area contributed by atoms with Crippen LogP contribution in [0.4, 0.5) is 17.1 Å². The predicted octanol–water partition coefficient (Wildman–Crippen LogP) is 13.0. The lowest BCUT2D eigenvalue weighted by Gasteiger charge is -2.30. The first kappa shape index (κ1) is 30.0. The summed E-state index contributed by atoms with van der Waals surface area (Å²) in [6.45, 7) is 0. The van der Waals surface area contributed by atoms with Gasteiger partial charge in [0, 0.05) is 38.8 Å². The lowest BCUT2D eigenvalue weighted by atomic mass is 9.75. The Labute approximate surface area is 309 Å². The summed E-state index contributed by atoms with van der Waals surface area (Å²) in [5.41, 5.74) is 17.8. The molecule has 2 heteroatoms. The molecule has 9 aromatic rings. The number of anilines is 3. The molecule has 0 atom stereocenters. The maximum Gasteiger partial charge on any atom is 0.0561 e. The van der Waals surface area contributed by atoms with Crippen LogP contribution in [0.15, 0.2) is 194 Å². The molecule has 0 saturated heterocycles. The Kier molecular flexibility index (Phi) is 6.63. The van der Waals surface area contributed by atoms with Crippen LogP contribution in [0.2, 0.25) is 0 Å². The molecule has 2 aliphatic carbocycles. The first-order valence-corrected chi connectivity index (χ1v) is 18.6. The number of fused-ring (bicyclic) bond motifs is 9. The predicted molar refractivity (Wildman–Crippen MR) is 221 cm³/mol. The number of hydrogen-bond donors (Lipinski definition) is 0. The molecule has 53 heavy (non-hydrogen) atoms. The highest BCUT2D eigenvalue weighted by molar-refractivity contribution is 6.10. The summed E-state index contributed by atoms with van der Waals surface area (Å²) in [5, 5.41) is 2.50. The zero-order valence-electron chi connectivity index (χ0n) is 29.3. The second-order valence-corrected chi connectivity index (χ2v) is 14.6. The van der Waals surface area contributed by atoms with Crippen LogP contribution in [-0.2, 0) is 18.3 Å². The van der Waals surface area contributed by atoms with Crippen molar-refractivity contribution < 1.29 is 0 Å². The van der Waals surface area contributed by atoms with E-state index < -0.39 is 0 Å². The fraction of sp³-hybridized carbons (Fsp3) is 0.0588. The number of aromatic nitrogens is 1. The van der Waals surface area contributed by atoms with Gasteiger partial charge in [-0.05, 0) is 100 Å². The number of rotatable bonds is 5. The van der Waals surface area contributed by atoms with Crippen LogP contribution in [-0.4, -0.2) is 4.57 Å². The molecule has 1 heterocycles. The summed E-state index contributed by atoms with van der Waals surface area (Å²) >= 11 is 0. The van der Waals surface area contributed by atoms with Gasteiger partial charge in [-0.25, -0.2) is 0 Å². The van der Waals surface area contributed by atoms with E-state index in [1.54, 1.807) is 0 Å². The van der Waals surface area contributed by atoms with Crippen molar-refractivity contribution in [2.24, 2.45) is 0 Å². The van der Waals surface area contributed by atoms with Gasteiger partial charge in [0.05, 0.1) is 16.7 Å². The molecular formula is C51H36N2. The summed E-state index contributed by atoms with van der Waals surface area (Å²) < 4.78 is 2.41. The van der Waals surface area contributed by atoms with Gasteiger partial charge >= 0.3 is 0 Å². The maximum absolute atomic E-state index is 2.48. The van der Waals surface area contributed by atoms with Crippen molar-refractivity contribution in [3.63, 3.8) is 0 Å². The van der Waals surface area contributed by atoms with E-state index in [4.69, 9.17) is 0 Å². The fourth-order valence-corrected chi connectivity index (χ4v) is 9.50. The monoisotopic (exact) mass is 676 g/mol. The Morgan fingerprint density at radius 3 is 1.81 bits per heavy atom. The largest absolute Gasteiger partial charge is 0.310 e. The van der Waals surface area contributed by atoms with Crippen LogP contribution in [0, 0.1) is 0 Å². The van der Waals surface area contributed by atoms with Crippen molar-refractivity contribution in [2.75, 3.05) is 4.90 Å². The standard InChI is InChI=1S/C51H36N2/c1-3-15-35(16-4-1)41-21-10-13-25-48(41)52(40-27-29-44-43-23-11-14-26-49(43)53(50(44)32-40)38-19-5-2-6-20-38)39-28-30-47-45(31-39)42-22-9-12-24-46(42)51(47)33-36-17-7-8-18-37(36)34-51/h1-32H,33-34H2. The van der Waals surface area contributed by atoms with Crippen molar-refractivity contribution in [1.29, 1.82) is 0 Å². The second-order valence-electron chi connectivity index (χ2n) is 14.6. The van der Waals surface area contributed by atoms with E-state index >= 15 is 0 Å². The van der Waals surface area contributed by atoms with E-state index in [2.05, 4.69) is 204 Å². The normalized spacial score (nSPS) is 13.7. The van der Waals surface area contributed by atoms with Crippen LogP contribution in [0.3, 0.4) is 0 Å². The average molecular weight is 677 g/mol. The lowest BCUT2D eigenvalue weighted by molar-refractivity contribution is 0.563. The molecule has 0 amide bonds. The Balaban J connectivity index is 1.16. The first-order valence-electron chi connectivity index (χ1n) is 18.6. The number of para-hydroxylation sites is 3. The third-order valence-electron chi connectivity index (χ3n) is 11.8. The summed E-state index contributed by atoms with van der Waals surface area (Å²) in [6, 6.07) is 71.6. The molecule has 0 N–H and O–H groups in total. The van der Waals surface area contributed by atoms with Crippen molar-refractivity contribution in [2.45, 2.75) is 18.3 Å². The molecule has 2 aliphatic rings. The summed E-state index contributed by atoms with van der Waals surface area (Å²) in [5.74, 6) is 0. The molecular weight excluding hydrogens is 641 g/mol. The SMILES string of the molecule is c1ccc(-c2ccccc2N(c2ccc3c(c2)-c2ccccc2C32Cc3ccccc3C2)c2ccc3c4ccccc4n(-c4ccccc4)c3c2)cc1. The zero-order chi connectivity index (χ0) is 34.9. The fourth-order valence-electron chi connectivity index (χ4n) is 9.50. The van der Waals surface area contributed by atoms with E-state index in [0.29, 0.717) is 0 Å². The molecule has 0 bridgehead atoms. The van der Waals surface area contributed by atoms with Crippen LogP contribution >= 0.6 is 0 Å². The van der Waals surface area contributed by atoms with Gasteiger partial charge in [-0.15, -0.1) is 0 Å². The summed E-state index contributed by atoms with van der Waals surface area (Å²) in [6.07, 6.45) is 2.07. The van der Waals surface area contributed by atoms with Crippen LogP contribution < -0.4 is 4.90 Å². The van der Waals surface area contributed by atoms with Crippen molar-refractivity contribution >= 4 is 38.9 Å². The van der Waals surface area contributed by atoms with Crippen molar-refractivity contribution in [3.8, 4) is 27.9 Å². The van der Waals surface area contributed by atoms with Crippen molar-refractivity contribution in [3.05, 3.63) is 216 Å². The van der Waals surface area contributed by atoms with Gasteiger partial charge in [0.2, 0.25) is 0 Å². The van der Waals surface area contributed by atoms with Crippen LogP contribution in [0.5, 0.6) is 0 Å². The Morgan fingerprint density at radius 2 is 1.00 bits per heavy atom. The highest BCUT2D eigenvalue weighted by atomic mass is 15.1. The smallest absolute Gasteiger partial charge is 0.0561 e. The molecule has 250 valence electrons. The van der Waals surface area contributed by atoms with Gasteiger partial charge in [0.25, 0.3) is 0 Å². The number of nitrogens with zero attached hydrogens (tertiary/aromatic N) is 2. The zero-order valence-corrected chi connectivity index (χ0v) is 29.3. The number of benzene rings is 8. The third kappa shape index (κ3) is 4.52. The quantitative estimate of drug-likeness (QED) is 0.176. The van der Waals surface area contributed by atoms with E-state index in [1.807, 2.05) is 0 Å². The van der Waals surface area contributed by atoms with Gasteiger partial charge < -0.3 is 9.47 Å². The minimum Gasteiger partial charge on any atom is -0.310 e. The topological polar surface area (TPSA) is 8.17 Å². The van der Waals surface area contributed by atoms with E-state index in [1.165, 1.54) is 66.3 Å².